The average molecular weight is 377 g/mol. The van der Waals surface area contributed by atoms with Crippen LogP contribution in [0.1, 0.15) is 18.7 Å². The van der Waals surface area contributed by atoms with Crippen LogP contribution in [-0.2, 0) is 17.8 Å². The average Bonchev–Trinajstić information content (AvgIpc) is 3.33. The predicted octanol–water partition coefficient (Wildman–Crippen LogP) is 2.83. The van der Waals surface area contributed by atoms with Crippen LogP contribution >= 0.6 is 0 Å². The minimum Gasteiger partial charge on any atom is -0.496 e. The first kappa shape index (κ1) is 18.0. The van der Waals surface area contributed by atoms with Crippen LogP contribution in [0.4, 0.5) is 0 Å². The van der Waals surface area contributed by atoms with Crippen molar-refractivity contribution in [2.75, 3.05) is 13.7 Å². The second kappa shape index (κ2) is 8.12. The molecule has 4 rings (SSSR count). The van der Waals surface area contributed by atoms with E-state index in [-0.39, 0.29) is 5.91 Å². The van der Waals surface area contributed by atoms with E-state index in [0.29, 0.717) is 19.5 Å². The van der Waals surface area contributed by atoms with E-state index in [1.54, 1.807) is 7.11 Å². The van der Waals surface area contributed by atoms with Gasteiger partial charge in [-0.25, -0.2) is 0 Å². The first-order valence-corrected chi connectivity index (χ1v) is 9.43. The van der Waals surface area contributed by atoms with Crippen molar-refractivity contribution in [3.05, 3.63) is 60.7 Å². The van der Waals surface area contributed by atoms with Crippen molar-refractivity contribution in [3.63, 3.8) is 0 Å². The summed E-state index contributed by atoms with van der Waals surface area (Å²) >= 11 is 0. The largest absolute Gasteiger partial charge is 0.496 e. The van der Waals surface area contributed by atoms with Crippen molar-refractivity contribution >= 4 is 22.5 Å². The van der Waals surface area contributed by atoms with Gasteiger partial charge in [0.05, 0.1) is 12.6 Å². The number of carbonyl (C=O) groups excluding carboxylic acids is 1. The SMILES string of the molecule is COc1cccc2c1ccn2CCC(=O)NCCCc1nnc2ccccn12. The maximum absolute atomic E-state index is 12.2. The number of nitrogens with zero attached hydrogens (tertiary/aromatic N) is 4. The third kappa shape index (κ3) is 3.69. The molecule has 4 aromatic rings. The highest BCUT2D eigenvalue weighted by Gasteiger charge is 2.08. The lowest BCUT2D eigenvalue weighted by Gasteiger charge is -2.08. The van der Waals surface area contributed by atoms with Gasteiger partial charge in [-0.15, -0.1) is 10.2 Å². The molecule has 1 amide bonds. The fourth-order valence-corrected chi connectivity index (χ4v) is 3.41. The molecule has 0 fully saturated rings. The molecule has 1 N–H and O–H groups in total. The fourth-order valence-electron chi connectivity index (χ4n) is 3.41. The Kier molecular flexibility index (Phi) is 5.23. The Morgan fingerprint density at radius 2 is 2.04 bits per heavy atom. The van der Waals surface area contributed by atoms with Crippen molar-refractivity contribution in [1.29, 1.82) is 0 Å². The maximum atomic E-state index is 12.2. The quantitative estimate of drug-likeness (QED) is 0.479. The molecule has 0 unspecified atom stereocenters. The highest BCUT2D eigenvalue weighted by atomic mass is 16.5. The number of ether oxygens (including phenoxy) is 1. The molecule has 0 aliphatic rings. The summed E-state index contributed by atoms with van der Waals surface area (Å²) < 4.78 is 9.45. The monoisotopic (exact) mass is 377 g/mol. The summed E-state index contributed by atoms with van der Waals surface area (Å²) in [5.74, 6) is 1.81. The number of hydrogen-bond donors (Lipinski definition) is 1. The van der Waals surface area contributed by atoms with Gasteiger partial charge >= 0.3 is 0 Å². The van der Waals surface area contributed by atoms with E-state index in [9.17, 15) is 4.79 Å². The molecule has 0 aliphatic carbocycles. The number of fused-ring (bicyclic) bond motifs is 2. The summed E-state index contributed by atoms with van der Waals surface area (Å²) in [6, 6.07) is 13.8. The number of aryl methyl sites for hydroxylation is 2. The van der Waals surface area contributed by atoms with Gasteiger partial charge < -0.3 is 14.6 Å². The third-order valence-corrected chi connectivity index (χ3v) is 4.86. The van der Waals surface area contributed by atoms with Crippen molar-refractivity contribution in [2.24, 2.45) is 0 Å². The number of carbonyl (C=O) groups is 1. The van der Waals surface area contributed by atoms with Gasteiger partial charge in [0, 0.05) is 43.7 Å². The summed E-state index contributed by atoms with van der Waals surface area (Å²) in [7, 11) is 1.67. The second-order valence-electron chi connectivity index (χ2n) is 6.65. The van der Waals surface area contributed by atoms with Gasteiger partial charge in [0.2, 0.25) is 5.91 Å². The third-order valence-electron chi connectivity index (χ3n) is 4.86. The molecule has 3 aromatic heterocycles. The molecule has 3 heterocycles. The van der Waals surface area contributed by atoms with Crippen LogP contribution in [0.3, 0.4) is 0 Å². The van der Waals surface area contributed by atoms with E-state index in [4.69, 9.17) is 4.74 Å². The Bertz CT molecular complexity index is 1100. The zero-order valence-corrected chi connectivity index (χ0v) is 15.8. The molecule has 1 aromatic carbocycles. The predicted molar refractivity (Wildman–Crippen MR) is 107 cm³/mol. The van der Waals surface area contributed by atoms with E-state index >= 15 is 0 Å². The Morgan fingerprint density at radius 1 is 1.11 bits per heavy atom. The van der Waals surface area contributed by atoms with Crippen LogP contribution in [-0.4, -0.2) is 38.7 Å². The molecule has 0 radical (unpaired) electrons. The Balaban J connectivity index is 1.25. The number of methoxy groups -OCH3 is 1. The lowest BCUT2D eigenvalue weighted by molar-refractivity contribution is -0.121. The summed E-state index contributed by atoms with van der Waals surface area (Å²) in [6.45, 7) is 1.26. The first-order valence-electron chi connectivity index (χ1n) is 9.43. The van der Waals surface area contributed by atoms with E-state index in [2.05, 4.69) is 20.1 Å². The summed E-state index contributed by atoms with van der Waals surface area (Å²) in [4.78, 5) is 12.2. The van der Waals surface area contributed by atoms with E-state index < -0.39 is 0 Å². The van der Waals surface area contributed by atoms with E-state index in [0.717, 1.165) is 41.0 Å². The van der Waals surface area contributed by atoms with Crippen LogP contribution in [0.2, 0.25) is 0 Å². The Labute approximate surface area is 162 Å². The molecule has 0 bridgehead atoms. The fraction of sp³-hybridized carbons (Fsp3) is 0.286. The zero-order valence-electron chi connectivity index (χ0n) is 15.8. The molecule has 144 valence electrons. The molecule has 28 heavy (non-hydrogen) atoms. The number of aromatic nitrogens is 4. The van der Waals surface area contributed by atoms with Gasteiger partial charge in [-0.3, -0.25) is 9.20 Å². The van der Waals surface area contributed by atoms with E-state index in [1.807, 2.05) is 59.3 Å². The summed E-state index contributed by atoms with van der Waals surface area (Å²) in [6.07, 6.45) is 5.99. The maximum Gasteiger partial charge on any atom is 0.221 e. The molecule has 0 atom stereocenters. The van der Waals surface area contributed by atoms with Crippen LogP contribution in [0.25, 0.3) is 16.6 Å². The van der Waals surface area contributed by atoms with Crippen molar-refractivity contribution < 1.29 is 9.53 Å². The number of rotatable bonds is 8. The molecule has 0 saturated carbocycles. The molecule has 0 aliphatic heterocycles. The van der Waals surface area contributed by atoms with Gasteiger partial charge in [0.15, 0.2) is 5.65 Å². The summed E-state index contributed by atoms with van der Waals surface area (Å²) in [5, 5.41) is 12.4. The van der Waals surface area contributed by atoms with Gasteiger partial charge in [0.25, 0.3) is 0 Å². The molecule has 7 heteroatoms. The van der Waals surface area contributed by atoms with Crippen LogP contribution in [0.15, 0.2) is 54.9 Å². The van der Waals surface area contributed by atoms with Crippen LogP contribution in [0, 0.1) is 0 Å². The Morgan fingerprint density at radius 3 is 2.93 bits per heavy atom. The molecule has 0 saturated heterocycles. The van der Waals surface area contributed by atoms with Crippen LogP contribution in [0.5, 0.6) is 5.75 Å². The van der Waals surface area contributed by atoms with Gasteiger partial charge in [-0.2, -0.15) is 0 Å². The minimum absolute atomic E-state index is 0.0517. The standard InChI is InChI=1S/C21H23N5O2/c1-28-18-7-4-6-17-16(18)10-14-25(17)15-11-21(27)22-12-5-9-20-24-23-19-8-2-3-13-26(19)20/h2-4,6-8,10,13-14H,5,9,11-12,15H2,1H3,(H,22,27). The molecule has 0 spiro atoms. The van der Waals surface area contributed by atoms with Gasteiger partial charge in [0.1, 0.15) is 11.6 Å². The lowest BCUT2D eigenvalue weighted by atomic mass is 10.2. The smallest absolute Gasteiger partial charge is 0.221 e. The van der Waals surface area contributed by atoms with Gasteiger partial charge in [-0.1, -0.05) is 12.1 Å². The topological polar surface area (TPSA) is 73.4 Å². The Hall–Kier alpha value is -3.35. The summed E-state index contributed by atoms with van der Waals surface area (Å²) in [5.41, 5.74) is 1.92. The molecular weight excluding hydrogens is 354 g/mol. The van der Waals surface area contributed by atoms with E-state index in [1.165, 1.54) is 0 Å². The normalized spacial score (nSPS) is 11.2. The highest BCUT2D eigenvalue weighted by molar-refractivity contribution is 5.86. The van der Waals surface area contributed by atoms with Crippen molar-refractivity contribution in [1.82, 2.24) is 24.5 Å². The molecule has 7 nitrogen and oxygen atoms in total. The zero-order chi connectivity index (χ0) is 19.3. The number of benzene rings is 1. The number of pyridine rings is 1. The number of hydrogen-bond acceptors (Lipinski definition) is 4. The first-order chi connectivity index (χ1) is 13.8. The lowest BCUT2D eigenvalue weighted by Crippen LogP contribution is -2.25. The van der Waals surface area contributed by atoms with Crippen LogP contribution < -0.4 is 10.1 Å². The number of nitrogens with one attached hydrogen (secondary N) is 1. The second-order valence-corrected chi connectivity index (χ2v) is 6.65. The minimum atomic E-state index is 0.0517. The molecular formula is C21H23N5O2. The number of amides is 1. The highest BCUT2D eigenvalue weighted by Crippen LogP contribution is 2.26. The van der Waals surface area contributed by atoms with Gasteiger partial charge in [-0.05, 0) is 36.8 Å². The van der Waals surface area contributed by atoms with Crippen molar-refractivity contribution in [2.45, 2.75) is 25.8 Å². The van der Waals surface area contributed by atoms with Crippen molar-refractivity contribution in [3.8, 4) is 5.75 Å².